The van der Waals surface area contributed by atoms with Crippen molar-refractivity contribution in [3.8, 4) is 16.9 Å². The zero-order chi connectivity index (χ0) is 18.7. The minimum atomic E-state index is -0.922. The Kier molecular flexibility index (Phi) is 5.20. The van der Waals surface area contributed by atoms with Crippen LogP contribution in [0.3, 0.4) is 0 Å². The lowest BCUT2D eigenvalue weighted by molar-refractivity contribution is 0.102. The summed E-state index contributed by atoms with van der Waals surface area (Å²) in [6.45, 7) is 1.76. The highest BCUT2D eigenvalue weighted by atomic mass is 35.5. The van der Waals surface area contributed by atoms with Gasteiger partial charge in [0.1, 0.15) is 10.1 Å². The van der Waals surface area contributed by atoms with E-state index in [0.29, 0.717) is 26.3 Å². The first-order valence-corrected chi connectivity index (χ1v) is 8.74. The topological polar surface area (TPSA) is 94.3 Å². The van der Waals surface area contributed by atoms with E-state index < -0.39 is 6.09 Å². The molecule has 0 radical (unpaired) electrons. The summed E-state index contributed by atoms with van der Waals surface area (Å²) < 4.78 is 5.45. The molecule has 0 fully saturated rings. The smallest absolute Gasteiger partial charge is 0.409 e. The number of hydrogen-bond acceptors (Lipinski definition) is 5. The van der Waals surface area contributed by atoms with Gasteiger partial charge < -0.3 is 10.5 Å². The van der Waals surface area contributed by atoms with E-state index in [1.54, 1.807) is 19.1 Å². The number of ether oxygens (including phenoxy) is 1. The molecule has 26 heavy (non-hydrogen) atoms. The number of nitrogens with two attached hydrogens (primary N) is 1. The quantitative estimate of drug-likeness (QED) is 0.689. The van der Waals surface area contributed by atoms with Crippen LogP contribution in [0.1, 0.15) is 16.1 Å². The summed E-state index contributed by atoms with van der Waals surface area (Å²) in [6.07, 6.45) is -0.922. The number of aromatic nitrogens is 1. The molecule has 3 rings (SSSR count). The van der Waals surface area contributed by atoms with Crippen LogP contribution >= 0.6 is 22.9 Å². The monoisotopic (exact) mass is 387 g/mol. The van der Waals surface area contributed by atoms with Crippen molar-refractivity contribution < 1.29 is 14.3 Å². The van der Waals surface area contributed by atoms with Crippen LogP contribution in [0, 0.1) is 6.92 Å². The molecule has 0 aliphatic carbocycles. The van der Waals surface area contributed by atoms with E-state index in [0.717, 1.165) is 5.56 Å². The van der Waals surface area contributed by atoms with Gasteiger partial charge in [-0.1, -0.05) is 53.3 Å². The number of aryl methyl sites for hydroxylation is 1. The second kappa shape index (κ2) is 7.55. The first kappa shape index (κ1) is 17.9. The van der Waals surface area contributed by atoms with Gasteiger partial charge in [-0.05, 0) is 36.2 Å². The number of halogens is 1. The Morgan fingerprint density at radius 1 is 1.19 bits per heavy atom. The molecular formula is C18H14ClN3O3S. The highest BCUT2D eigenvalue weighted by Crippen LogP contribution is 2.31. The van der Waals surface area contributed by atoms with Gasteiger partial charge in [0, 0.05) is 5.56 Å². The van der Waals surface area contributed by atoms with Gasteiger partial charge >= 0.3 is 6.09 Å². The second-order valence-electron chi connectivity index (χ2n) is 5.33. The predicted octanol–water partition coefficient (Wildman–Crippen LogP) is 4.48. The van der Waals surface area contributed by atoms with Gasteiger partial charge in [-0.25, -0.2) is 9.78 Å². The number of benzene rings is 2. The van der Waals surface area contributed by atoms with Gasteiger partial charge in [0.15, 0.2) is 5.13 Å². The van der Waals surface area contributed by atoms with Gasteiger partial charge in [0.05, 0.1) is 5.69 Å². The molecule has 0 saturated carbocycles. The maximum absolute atomic E-state index is 12.7. The van der Waals surface area contributed by atoms with Gasteiger partial charge in [-0.15, -0.1) is 0 Å². The number of nitrogens with one attached hydrogen (secondary N) is 1. The number of carbonyl (C=O) groups is 2. The SMILES string of the molecule is Cc1nc(NC(=O)c2ccc(OC(N)=O)cc2-c2ccccc2)sc1Cl. The van der Waals surface area contributed by atoms with Crippen molar-refractivity contribution in [3.05, 3.63) is 64.1 Å². The van der Waals surface area contributed by atoms with Gasteiger partial charge in [0.2, 0.25) is 0 Å². The summed E-state index contributed by atoms with van der Waals surface area (Å²) in [5.74, 6) is -0.0964. The minimum Gasteiger partial charge on any atom is -0.410 e. The van der Waals surface area contributed by atoms with Crippen LogP contribution in [-0.2, 0) is 0 Å². The molecule has 0 aliphatic heterocycles. The molecular weight excluding hydrogens is 374 g/mol. The van der Waals surface area contributed by atoms with E-state index in [1.165, 1.54) is 17.4 Å². The number of nitrogens with zero attached hydrogens (tertiary/aromatic N) is 1. The number of amides is 2. The maximum Gasteiger partial charge on any atom is 0.409 e. The van der Waals surface area contributed by atoms with Crippen molar-refractivity contribution in [2.45, 2.75) is 6.92 Å². The largest absolute Gasteiger partial charge is 0.410 e. The Balaban J connectivity index is 1.99. The molecule has 0 atom stereocenters. The minimum absolute atomic E-state index is 0.251. The zero-order valence-corrected chi connectivity index (χ0v) is 15.2. The second-order valence-corrected chi connectivity index (χ2v) is 6.93. The van der Waals surface area contributed by atoms with Gasteiger partial charge in [-0.3, -0.25) is 10.1 Å². The van der Waals surface area contributed by atoms with Crippen molar-refractivity contribution in [1.82, 2.24) is 4.98 Å². The van der Waals surface area contributed by atoms with Crippen LogP contribution in [0.25, 0.3) is 11.1 Å². The summed E-state index contributed by atoms with van der Waals surface area (Å²) in [5, 5.41) is 3.15. The Bertz CT molecular complexity index is 954. The highest BCUT2D eigenvalue weighted by Gasteiger charge is 2.17. The maximum atomic E-state index is 12.7. The van der Waals surface area contributed by atoms with Crippen molar-refractivity contribution in [2.75, 3.05) is 5.32 Å². The Hall–Kier alpha value is -2.90. The third kappa shape index (κ3) is 4.01. The average molecular weight is 388 g/mol. The molecule has 0 unspecified atom stereocenters. The molecule has 8 heteroatoms. The number of anilines is 1. The van der Waals surface area contributed by atoms with E-state index in [9.17, 15) is 9.59 Å². The Morgan fingerprint density at radius 2 is 1.92 bits per heavy atom. The lowest BCUT2D eigenvalue weighted by Gasteiger charge is -2.11. The van der Waals surface area contributed by atoms with Crippen LogP contribution in [0.4, 0.5) is 9.93 Å². The fourth-order valence-electron chi connectivity index (χ4n) is 2.35. The fraction of sp³-hybridized carbons (Fsp3) is 0.0556. The van der Waals surface area contributed by atoms with Crippen molar-refractivity contribution in [2.24, 2.45) is 5.73 Å². The lowest BCUT2D eigenvalue weighted by atomic mass is 9.99. The normalized spacial score (nSPS) is 10.4. The molecule has 0 spiro atoms. The molecule has 3 N–H and O–H groups in total. The lowest BCUT2D eigenvalue weighted by Crippen LogP contribution is -2.17. The number of hydrogen-bond donors (Lipinski definition) is 2. The molecule has 1 aromatic heterocycles. The molecule has 3 aromatic rings. The number of carbonyl (C=O) groups excluding carboxylic acids is 2. The van der Waals surface area contributed by atoms with Gasteiger partial charge in [0.25, 0.3) is 5.91 Å². The number of thiazole rings is 1. The van der Waals surface area contributed by atoms with E-state index in [-0.39, 0.29) is 11.7 Å². The average Bonchev–Trinajstić information content (AvgIpc) is 2.92. The molecule has 2 aromatic carbocycles. The first-order chi connectivity index (χ1) is 12.4. The van der Waals surface area contributed by atoms with Crippen LogP contribution in [0.2, 0.25) is 4.34 Å². The molecule has 6 nitrogen and oxygen atoms in total. The summed E-state index contributed by atoms with van der Waals surface area (Å²) in [6, 6.07) is 13.9. The molecule has 0 bridgehead atoms. The van der Waals surface area contributed by atoms with Crippen LogP contribution in [-0.4, -0.2) is 17.0 Å². The first-order valence-electron chi connectivity index (χ1n) is 7.55. The molecule has 132 valence electrons. The molecule has 0 saturated heterocycles. The fourth-order valence-corrected chi connectivity index (χ4v) is 3.30. The van der Waals surface area contributed by atoms with E-state index in [2.05, 4.69) is 10.3 Å². The summed E-state index contributed by atoms with van der Waals surface area (Å²) >= 11 is 7.19. The van der Waals surface area contributed by atoms with Gasteiger partial charge in [-0.2, -0.15) is 0 Å². The van der Waals surface area contributed by atoms with Crippen molar-refractivity contribution in [3.63, 3.8) is 0 Å². The molecule has 0 aliphatic rings. The Morgan fingerprint density at radius 3 is 2.54 bits per heavy atom. The van der Waals surface area contributed by atoms with Crippen LogP contribution in [0.15, 0.2) is 48.5 Å². The number of primary amides is 1. The summed E-state index contributed by atoms with van der Waals surface area (Å²) in [5.41, 5.74) is 7.51. The zero-order valence-electron chi connectivity index (χ0n) is 13.7. The van der Waals surface area contributed by atoms with E-state index in [4.69, 9.17) is 22.1 Å². The van der Waals surface area contributed by atoms with Crippen LogP contribution in [0.5, 0.6) is 5.75 Å². The highest BCUT2D eigenvalue weighted by molar-refractivity contribution is 7.19. The molecule has 1 heterocycles. The molecule has 2 amide bonds. The third-order valence-electron chi connectivity index (χ3n) is 3.50. The van der Waals surface area contributed by atoms with Crippen LogP contribution < -0.4 is 15.8 Å². The Labute approximate surface area is 158 Å². The summed E-state index contributed by atoms with van der Waals surface area (Å²) in [4.78, 5) is 28.0. The third-order valence-corrected chi connectivity index (χ3v) is 4.87. The van der Waals surface area contributed by atoms with E-state index in [1.807, 2.05) is 30.3 Å². The predicted molar refractivity (Wildman–Crippen MR) is 102 cm³/mol. The van der Waals surface area contributed by atoms with E-state index >= 15 is 0 Å². The van der Waals surface area contributed by atoms with Crippen molar-refractivity contribution >= 4 is 40.1 Å². The number of rotatable bonds is 4. The van der Waals surface area contributed by atoms with Crippen molar-refractivity contribution in [1.29, 1.82) is 0 Å². The summed E-state index contributed by atoms with van der Waals surface area (Å²) in [7, 11) is 0. The standard InChI is InChI=1S/C18H14ClN3O3S/c1-10-15(19)26-18(21-10)22-16(23)13-8-7-12(25-17(20)24)9-14(13)11-5-3-2-4-6-11/h2-9H,1H3,(H2,20,24)(H,21,22,23).